The van der Waals surface area contributed by atoms with Gasteiger partial charge in [-0.2, -0.15) is 0 Å². The van der Waals surface area contributed by atoms with Gasteiger partial charge in [0, 0.05) is 12.0 Å². The molecule has 1 aromatic heterocycles. The lowest BCUT2D eigenvalue weighted by molar-refractivity contribution is 0.127. The smallest absolute Gasteiger partial charge is 0.160 e. The molecular formula is C11H21N5O. The molecule has 0 spiro atoms. The number of nitrogen functional groups attached to an aromatic ring is 1. The molecule has 0 aromatic carbocycles. The van der Waals surface area contributed by atoms with Gasteiger partial charge in [0.2, 0.25) is 0 Å². The third-order valence-corrected chi connectivity index (χ3v) is 3.26. The van der Waals surface area contributed by atoms with Crippen LogP contribution in [0.2, 0.25) is 0 Å². The molecule has 0 saturated carbocycles. The molecule has 0 bridgehead atoms. The fourth-order valence-corrected chi connectivity index (χ4v) is 1.58. The van der Waals surface area contributed by atoms with Crippen LogP contribution >= 0.6 is 0 Å². The van der Waals surface area contributed by atoms with Crippen LogP contribution in [0, 0.1) is 5.41 Å². The lowest BCUT2D eigenvalue weighted by atomic mass is 9.83. The molecule has 6 nitrogen and oxygen atoms in total. The average Bonchev–Trinajstić information content (AvgIpc) is 2.41. The topological polar surface area (TPSA) is 96.1 Å². The van der Waals surface area contributed by atoms with Crippen LogP contribution in [-0.4, -0.2) is 28.2 Å². The van der Waals surface area contributed by atoms with Crippen molar-refractivity contribution in [3.63, 3.8) is 0 Å². The molecule has 0 atom stereocenters. The Morgan fingerprint density at radius 2 is 1.94 bits per heavy atom. The molecule has 0 unspecified atom stereocenters. The van der Waals surface area contributed by atoms with Crippen LogP contribution in [0.1, 0.15) is 26.7 Å². The molecule has 0 radical (unpaired) electrons. The lowest BCUT2D eigenvalue weighted by Gasteiger charge is -2.29. The van der Waals surface area contributed by atoms with Crippen LogP contribution in [0.3, 0.4) is 0 Å². The summed E-state index contributed by atoms with van der Waals surface area (Å²) < 4.78 is 0. The third-order valence-electron chi connectivity index (χ3n) is 3.26. The van der Waals surface area contributed by atoms with E-state index in [1.54, 1.807) is 12.4 Å². The molecule has 0 aliphatic heterocycles. The van der Waals surface area contributed by atoms with Gasteiger partial charge in [-0.25, -0.2) is 10.8 Å². The van der Waals surface area contributed by atoms with Crippen molar-refractivity contribution in [1.29, 1.82) is 0 Å². The maximum absolute atomic E-state index is 9.45. The Hall–Kier alpha value is -1.40. The van der Waals surface area contributed by atoms with Crippen molar-refractivity contribution in [2.24, 2.45) is 11.3 Å². The molecule has 0 aliphatic carbocycles. The van der Waals surface area contributed by atoms with E-state index in [1.165, 1.54) is 0 Å². The maximum atomic E-state index is 9.45. The van der Waals surface area contributed by atoms with Gasteiger partial charge in [0.25, 0.3) is 0 Å². The minimum atomic E-state index is -0.103. The standard InChI is InChI=1S/C11H21N5O/c1-3-11(4-2,8-17)7-14-9-5-13-6-10(15-9)16-12/h5-6,17H,3-4,7-8,12H2,1-2H3,(H2,14,15,16). The molecule has 1 heterocycles. The molecule has 6 heteroatoms. The predicted molar refractivity (Wildman–Crippen MR) is 68.4 cm³/mol. The zero-order valence-electron chi connectivity index (χ0n) is 10.4. The van der Waals surface area contributed by atoms with Crippen LogP contribution in [0.25, 0.3) is 0 Å². The minimum absolute atomic E-state index is 0.103. The summed E-state index contributed by atoms with van der Waals surface area (Å²) in [7, 11) is 0. The number of hydrazine groups is 1. The summed E-state index contributed by atoms with van der Waals surface area (Å²) in [5.41, 5.74) is 2.34. The molecule has 1 rings (SSSR count). The van der Waals surface area contributed by atoms with E-state index in [0.717, 1.165) is 12.8 Å². The van der Waals surface area contributed by atoms with E-state index in [2.05, 4.69) is 34.6 Å². The monoisotopic (exact) mass is 239 g/mol. The van der Waals surface area contributed by atoms with Gasteiger partial charge in [-0.1, -0.05) is 13.8 Å². The summed E-state index contributed by atoms with van der Waals surface area (Å²) in [5.74, 6) is 6.42. The second-order valence-electron chi connectivity index (χ2n) is 4.15. The molecule has 17 heavy (non-hydrogen) atoms. The Bertz CT molecular complexity index is 332. The average molecular weight is 239 g/mol. The normalized spacial score (nSPS) is 11.3. The molecule has 0 amide bonds. The Balaban J connectivity index is 2.65. The highest BCUT2D eigenvalue weighted by Gasteiger charge is 2.24. The van der Waals surface area contributed by atoms with Crippen molar-refractivity contribution < 1.29 is 5.11 Å². The number of nitrogens with one attached hydrogen (secondary N) is 2. The van der Waals surface area contributed by atoms with Crippen LogP contribution < -0.4 is 16.6 Å². The molecule has 5 N–H and O–H groups in total. The number of aliphatic hydroxyl groups is 1. The number of nitrogens with two attached hydrogens (primary N) is 1. The number of nitrogens with zero attached hydrogens (tertiary/aromatic N) is 2. The zero-order chi connectivity index (χ0) is 12.7. The molecule has 96 valence electrons. The molecule has 0 fully saturated rings. The zero-order valence-corrected chi connectivity index (χ0v) is 10.4. The van der Waals surface area contributed by atoms with Gasteiger partial charge in [-0.05, 0) is 12.8 Å². The number of hydrogen-bond acceptors (Lipinski definition) is 6. The SMILES string of the molecule is CCC(CC)(CO)CNc1cncc(NN)n1. The van der Waals surface area contributed by atoms with E-state index in [9.17, 15) is 5.11 Å². The Labute approximate surface area is 102 Å². The van der Waals surface area contributed by atoms with Crippen LogP contribution in [0.4, 0.5) is 11.6 Å². The minimum Gasteiger partial charge on any atom is -0.396 e. The highest BCUT2D eigenvalue weighted by molar-refractivity contribution is 5.40. The van der Waals surface area contributed by atoms with Crippen molar-refractivity contribution in [3.05, 3.63) is 12.4 Å². The van der Waals surface area contributed by atoms with Gasteiger partial charge >= 0.3 is 0 Å². The second kappa shape index (κ2) is 6.36. The summed E-state index contributed by atoms with van der Waals surface area (Å²) in [6.45, 7) is 4.98. The third kappa shape index (κ3) is 3.54. The van der Waals surface area contributed by atoms with Crippen molar-refractivity contribution in [3.8, 4) is 0 Å². The molecule has 0 saturated heterocycles. The van der Waals surface area contributed by atoms with Crippen LogP contribution in [0.5, 0.6) is 0 Å². The van der Waals surface area contributed by atoms with E-state index in [0.29, 0.717) is 18.2 Å². The summed E-state index contributed by atoms with van der Waals surface area (Å²) in [5, 5.41) is 12.6. The maximum Gasteiger partial charge on any atom is 0.160 e. The number of rotatable bonds is 7. The van der Waals surface area contributed by atoms with E-state index >= 15 is 0 Å². The molecule has 0 aliphatic rings. The number of aromatic nitrogens is 2. The Morgan fingerprint density at radius 3 is 2.47 bits per heavy atom. The van der Waals surface area contributed by atoms with Gasteiger partial charge < -0.3 is 15.8 Å². The first-order valence-electron chi connectivity index (χ1n) is 5.83. The summed E-state index contributed by atoms with van der Waals surface area (Å²) in [4.78, 5) is 8.21. The number of hydrogen-bond donors (Lipinski definition) is 4. The first-order valence-corrected chi connectivity index (χ1v) is 5.83. The summed E-state index contributed by atoms with van der Waals surface area (Å²) in [6, 6.07) is 0. The molecular weight excluding hydrogens is 218 g/mol. The van der Waals surface area contributed by atoms with Gasteiger partial charge in [0.15, 0.2) is 5.82 Å². The number of aliphatic hydroxyl groups excluding tert-OH is 1. The van der Waals surface area contributed by atoms with Gasteiger partial charge in [-0.15, -0.1) is 0 Å². The van der Waals surface area contributed by atoms with Crippen molar-refractivity contribution >= 4 is 11.6 Å². The Kier molecular flexibility index (Phi) is 5.11. The fourth-order valence-electron chi connectivity index (χ4n) is 1.58. The summed E-state index contributed by atoms with van der Waals surface area (Å²) in [6.07, 6.45) is 5.00. The highest BCUT2D eigenvalue weighted by Crippen LogP contribution is 2.25. The predicted octanol–water partition coefficient (Wildman–Crippen LogP) is 0.973. The van der Waals surface area contributed by atoms with E-state index < -0.39 is 0 Å². The van der Waals surface area contributed by atoms with E-state index in [4.69, 9.17) is 5.84 Å². The molecule has 1 aromatic rings. The van der Waals surface area contributed by atoms with Crippen molar-refractivity contribution in [2.75, 3.05) is 23.9 Å². The number of anilines is 2. The Morgan fingerprint density at radius 1 is 1.29 bits per heavy atom. The highest BCUT2D eigenvalue weighted by atomic mass is 16.3. The van der Waals surface area contributed by atoms with Gasteiger partial charge in [-0.3, -0.25) is 4.98 Å². The first kappa shape index (κ1) is 13.7. The first-order chi connectivity index (χ1) is 8.19. The fraction of sp³-hybridized carbons (Fsp3) is 0.636. The summed E-state index contributed by atoms with van der Waals surface area (Å²) >= 11 is 0. The quantitative estimate of drug-likeness (QED) is 0.418. The second-order valence-corrected chi connectivity index (χ2v) is 4.15. The largest absolute Gasteiger partial charge is 0.396 e. The van der Waals surface area contributed by atoms with E-state index in [1.807, 2.05) is 0 Å². The van der Waals surface area contributed by atoms with Gasteiger partial charge in [0.1, 0.15) is 5.82 Å². The van der Waals surface area contributed by atoms with E-state index in [-0.39, 0.29) is 12.0 Å². The van der Waals surface area contributed by atoms with Gasteiger partial charge in [0.05, 0.1) is 19.0 Å². The van der Waals surface area contributed by atoms with Crippen molar-refractivity contribution in [2.45, 2.75) is 26.7 Å². The van der Waals surface area contributed by atoms with Crippen LogP contribution in [0.15, 0.2) is 12.4 Å². The lowest BCUT2D eigenvalue weighted by Crippen LogP contribution is -2.32. The van der Waals surface area contributed by atoms with Crippen molar-refractivity contribution in [1.82, 2.24) is 9.97 Å². The van der Waals surface area contributed by atoms with Crippen LogP contribution in [-0.2, 0) is 0 Å².